The lowest BCUT2D eigenvalue weighted by atomic mass is 10.0. The maximum atomic E-state index is 6.05. The Kier molecular flexibility index (Phi) is 2.82. The zero-order valence-electron chi connectivity index (χ0n) is 9.65. The van der Waals surface area contributed by atoms with Gasteiger partial charge in [0.25, 0.3) is 0 Å². The molecule has 0 spiro atoms. The minimum atomic E-state index is -0.546. The molecule has 0 aliphatic rings. The molecule has 0 aliphatic carbocycles. The van der Waals surface area contributed by atoms with Crippen LogP contribution in [0.15, 0.2) is 15.3 Å². The van der Waals surface area contributed by atoms with Crippen LogP contribution in [0.2, 0.25) is 0 Å². The van der Waals surface area contributed by atoms with Crippen molar-refractivity contribution >= 4 is 11.3 Å². The molecule has 0 saturated heterocycles. The van der Waals surface area contributed by atoms with E-state index in [1.807, 2.05) is 26.2 Å². The molecule has 0 aromatic carbocycles. The maximum absolute atomic E-state index is 6.05. The van der Waals surface area contributed by atoms with Crippen LogP contribution in [0.4, 0.5) is 0 Å². The topological polar surface area (TPSA) is 64.9 Å². The van der Waals surface area contributed by atoms with Gasteiger partial charge in [0, 0.05) is 10.9 Å². The van der Waals surface area contributed by atoms with Crippen LogP contribution in [0, 0.1) is 6.92 Å². The van der Waals surface area contributed by atoms with E-state index in [9.17, 15) is 0 Å². The number of rotatable bonds is 3. The molecule has 2 aromatic rings. The number of hydrogen-bond donors (Lipinski definition) is 1. The molecule has 0 saturated carbocycles. The Labute approximate surface area is 98.5 Å². The lowest BCUT2D eigenvalue weighted by Gasteiger charge is -2.16. The summed E-state index contributed by atoms with van der Waals surface area (Å²) in [5.74, 6) is 1.12. The van der Waals surface area contributed by atoms with Crippen LogP contribution in [0.3, 0.4) is 0 Å². The van der Waals surface area contributed by atoms with Gasteiger partial charge in [0.05, 0.1) is 5.54 Å². The van der Waals surface area contributed by atoms with Gasteiger partial charge in [-0.25, -0.2) is 0 Å². The first-order valence-corrected chi connectivity index (χ1v) is 6.15. The average molecular weight is 237 g/mol. The zero-order chi connectivity index (χ0) is 11.8. The Morgan fingerprint density at radius 1 is 1.50 bits per heavy atom. The van der Waals surface area contributed by atoms with E-state index < -0.39 is 5.54 Å². The zero-order valence-corrected chi connectivity index (χ0v) is 10.5. The highest BCUT2D eigenvalue weighted by Gasteiger charge is 2.26. The number of thiophene rings is 1. The summed E-state index contributed by atoms with van der Waals surface area (Å²) in [5.41, 5.74) is 7.68. The average Bonchev–Trinajstić information content (AvgIpc) is 2.85. The number of aryl methyl sites for hydroxylation is 1. The van der Waals surface area contributed by atoms with E-state index in [-0.39, 0.29) is 0 Å². The highest BCUT2D eigenvalue weighted by atomic mass is 32.1. The predicted octanol–water partition coefficient (Wildman–Crippen LogP) is 2.69. The Hall–Kier alpha value is -1.20. The lowest BCUT2D eigenvalue weighted by molar-refractivity contribution is 0.291. The van der Waals surface area contributed by atoms with Crippen molar-refractivity contribution in [1.29, 1.82) is 0 Å². The van der Waals surface area contributed by atoms with Crippen molar-refractivity contribution in [3.05, 3.63) is 22.2 Å². The largest absolute Gasteiger partial charge is 0.337 e. The van der Waals surface area contributed by atoms with Gasteiger partial charge >= 0.3 is 0 Å². The first-order valence-electron chi connectivity index (χ1n) is 5.21. The second kappa shape index (κ2) is 3.99. The van der Waals surface area contributed by atoms with Gasteiger partial charge in [-0.2, -0.15) is 16.3 Å². The van der Waals surface area contributed by atoms with Crippen molar-refractivity contribution in [1.82, 2.24) is 10.1 Å². The third-order valence-electron chi connectivity index (χ3n) is 2.75. The molecule has 1 atom stereocenters. The molecule has 2 aromatic heterocycles. The van der Waals surface area contributed by atoms with Gasteiger partial charge < -0.3 is 10.3 Å². The van der Waals surface area contributed by atoms with Crippen molar-refractivity contribution in [2.24, 2.45) is 5.73 Å². The van der Waals surface area contributed by atoms with Gasteiger partial charge in [-0.05, 0) is 31.2 Å². The van der Waals surface area contributed by atoms with E-state index in [0.29, 0.717) is 11.7 Å². The van der Waals surface area contributed by atoms with E-state index in [4.69, 9.17) is 10.3 Å². The monoisotopic (exact) mass is 237 g/mol. The van der Waals surface area contributed by atoms with Gasteiger partial charge in [-0.1, -0.05) is 12.1 Å². The van der Waals surface area contributed by atoms with Crippen LogP contribution in [-0.4, -0.2) is 10.1 Å². The van der Waals surface area contributed by atoms with Gasteiger partial charge in [-0.3, -0.25) is 0 Å². The minimum absolute atomic E-state index is 0.496. The highest BCUT2D eigenvalue weighted by molar-refractivity contribution is 7.08. The first-order chi connectivity index (χ1) is 7.54. The fraction of sp³-hybridized carbons (Fsp3) is 0.455. The molecule has 0 aliphatic heterocycles. The molecule has 4 nitrogen and oxygen atoms in total. The molecular formula is C11H15N3OS. The second-order valence-electron chi connectivity index (χ2n) is 4.16. The predicted molar refractivity (Wildman–Crippen MR) is 64.2 cm³/mol. The van der Waals surface area contributed by atoms with Crippen LogP contribution in [0.1, 0.15) is 31.7 Å². The van der Waals surface area contributed by atoms with Crippen molar-refractivity contribution in [2.75, 3.05) is 0 Å². The normalized spacial score (nSPS) is 15.0. The lowest BCUT2D eigenvalue weighted by Crippen LogP contribution is -2.32. The molecule has 1 unspecified atom stereocenters. The summed E-state index contributed by atoms with van der Waals surface area (Å²) in [5, 5.41) is 8.05. The maximum Gasteiger partial charge on any atom is 0.246 e. The molecule has 2 rings (SSSR count). The molecular weight excluding hydrogens is 222 g/mol. The van der Waals surface area contributed by atoms with Gasteiger partial charge in [-0.15, -0.1) is 0 Å². The summed E-state index contributed by atoms with van der Waals surface area (Å²) in [6.07, 6.45) is 0.761. The summed E-state index contributed by atoms with van der Waals surface area (Å²) in [6, 6.07) is 0. The van der Waals surface area contributed by atoms with E-state index in [2.05, 4.69) is 15.5 Å². The molecule has 16 heavy (non-hydrogen) atoms. The van der Waals surface area contributed by atoms with Crippen molar-refractivity contribution < 1.29 is 4.52 Å². The minimum Gasteiger partial charge on any atom is -0.337 e. The SMILES string of the molecule is CCC(C)(N)c1nc(-c2cscc2C)no1. The van der Waals surface area contributed by atoms with Crippen LogP contribution in [0.5, 0.6) is 0 Å². The fourth-order valence-electron chi connectivity index (χ4n) is 1.31. The molecule has 0 bridgehead atoms. The Balaban J connectivity index is 2.37. The standard InChI is InChI=1S/C11H15N3OS/c1-4-11(3,12)10-13-9(14-15-10)8-6-16-5-7(8)2/h5-6H,4,12H2,1-3H3. The number of nitrogens with zero attached hydrogens (tertiary/aromatic N) is 2. The number of nitrogens with two attached hydrogens (primary N) is 1. The summed E-state index contributed by atoms with van der Waals surface area (Å²) in [6.45, 7) is 5.92. The van der Waals surface area contributed by atoms with E-state index >= 15 is 0 Å². The van der Waals surface area contributed by atoms with E-state index in [1.54, 1.807) is 11.3 Å². The Morgan fingerprint density at radius 2 is 2.25 bits per heavy atom. The highest BCUT2D eigenvalue weighted by Crippen LogP contribution is 2.27. The third kappa shape index (κ3) is 1.88. The van der Waals surface area contributed by atoms with Crippen LogP contribution < -0.4 is 5.73 Å². The van der Waals surface area contributed by atoms with Crippen LogP contribution in [-0.2, 0) is 5.54 Å². The summed E-state index contributed by atoms with van der Waals surface area (Å²) in [4.78, 5) is 4.36. The van der Waals surface area contributed by atoms with Crippen molar-refractivity contribution in [3.63, 3.8) is 0 Å². The number of hydrogen-bond acceptors (Lipinski definition) is 5. The molecule has 2 heterocycles. The first kappa shape index (κ1) is 11.3. The molecule has 0 radical (unpaired) electrons. The Bertz CT molecular complexity index is 487. The van der Waals surface area contributed by atoms with Gasteiger partial charge in [0.15, 0.2) is 0 Å². The summed E-state index contributed by atoms with van der Waals surface area (Å²) < 4.78 is 5.22. The van der Waals surface area contributed by atoms with Crippen molar-refractivity contribution in [3.8, 4) is 11.4 Å². The third-order valence-corrected chi connectivity index (χ3v) is 3.61. The summed E-state index contributed by atoms with van der Waals surface area (Å²) in [7, 11) is 0. The quantitative estimate of drug-likeness (QED) is 0.891. The molecule has 86 valence electrons. The Morgan fingerprint density at radius 3 is 2.81 bits per heavy atom. The smallest absolute Gasteiger partial charge is 0.246 e. The van der Waals surface area contributed by atoms with Gasteiger partial charge in [0.2, 0.25) is 11.7 Å². The number of aromatic nitrogens is 2. The molecule has 0 amide bonds. The second-order valence-corrected chi connectivity index (χ2v) is 4.91. The van der Waals surface area contributed by atoms with Crippen LogP contribution in [0.25, 0.3) is 11.4 Å². The summed E-state index contributed by atoms with van der Waals surface area (Å²) >= 11 is 1.63. The van der Waals surface area contributed by atoms with Crippen molar-refractivity contribution in [2.45, 2.75) is 32.7 Å². The van der Waals surface area contributed by atoms with E-state index in [1.165, 1.54) is 0 Å². The van der Waals surface area contributed by atoms with Crippen LogP contribution >= 0.6 is 11.3 Å². The van der Waals surface area contributed by atoms with E-state index in [0.717, 1.165) is 17.5 Å². The van der Waals surface area contributed by atoms with Gasteiger partial charge in [0.1, 0.15) is 0 Å². The molecule has 5 heteroatoms. The molecule has 2 N–H and O–H groups in total. The fourth-order valence-corrected chi connectivity index (χ4v) is 2.13. The molecule has 0 fully saturated rings.